The van der Waals surface area contributed by atoms with Gasteiger partial charge < -0.3 is 5.11 Å². The minimum atomic E-state index is -2.89. The lowest BCUT2D eigenvalue weighted by Crippen LogP contribution is -2.23. The molecule has 94 valence electrons. The number of rotatable bonds is 1. The van der Waals surface area contributed by atoms with Crippen LogP contribution in [0.25, 0.3) is 0 Å². The van der Waals surface area contributed by atoms with Crippen LogP contribution in [-0.4, -0.2) is 45.9 Å². The molecular weight excluding hydrogens is 242 g/mol. The average Bonchev–Trinajstić information content (AvgIpc) is 2.80. The van der Waals surface area contributed by atoms with Crippen LogP contribution in [0.15, 0.2) is 0 Å². The highest BCUT2D eigenvalue weighted by atomic mass is 32.2. The van der Waals surface area contributed by atoms with E-state index in [1.807, 2.05) is 0 Å². The Balaban J connectivity index is 1.86. The van der Waals surface area contributed by atoms with E-state index in [4.69, 9.17) is 0 Å². The second-order valence-corrected chi connectivity index (χ2v) is 7.08. The summed E-state index contributed by atoms with van der Waals surface area (Å²) in [5, 5.41) is 13.9. The molecule has 0 amide bonds. The van der Waals surface area contributed by atoms with Gasteiger partial charge in [0, 0.05) is 18.9 Å². The molecule has 17 heavy (non-hydrogen) atoms. The van der Waals surface area contributed by atoms with Gasteiger partial charge in [0.05, 0.1) is 17.6 Å². The Bertz CT molecular complexity index is 537. The number of hydrogen-bond donors (Lipinski definition) is 1. The van der Waals surface area contributed by atoms with Crippen molar-refractivity contribution in [3.63, 3.8) is 0 Å². The average molecular weight is 257 g/mol. The van der Waals surface area contributed by atoms with Crippen molar-refractivity contribution in [1.82, 2.24) is 14.8 Å². The van der Waals surface area contributed by atoms with E-state index in [2.05, 4.69) is 10.1 Å². The lowest BCUT2D eigenvalue weighted by atomic mass is 10.1. The largest absolute Gasteiger partial charge is 0.393 e. The van der Waals surface area contributed by atoms with Crippen LogP contribution in [0, 0.1) is 0 Å². The lowest BCUT2D eigenvalue weighted by molar-refractivity contribution is 0.138. The van der Waals surface area contributed by atoms with Gasteiger partial charge in [-0.15, -0.1) is 0 Å². The maximum Gasteiger partial charge on any atom is 0.155 e. The Morgan fingerprint density at radius 2 is 2.18 bits per heavy atom. The molecule has 1 N–H and O–H groups in total. The molecule has 0 radical (unpaired) electrons. The lowest BCUT2D eigenvalue weighted by Gasteiger charge is -2.16. The maximum absolute atomic E-state index is 11.4. The van der Waals surface area contributed by atoms with Gasteiger partial charge in [0.15, 0.2) is 15.7 Å². The zero-order valence-electron chi connectivity index (χ0n) is 9.41. The smallest absolute Gasteiger partial charge is 0.155 e. The Morgan fingerprint density at radius 1 is 1.35 bits per heavy atom. The minimum absolute atomic E-state index is 0.0600. The monoisotopic (exact) mass is 257 g/mol. The van der Waals surface area contributed by atoms with Crippen LogP contribution in [0.1, 0.15) is 30.4 Å². The first kappa shape index (κ1) is 11.2. The number of nitrogens with zero attached hydrogens (tertiary/aromatic N) is 3. The highest BCUT2D eigenvalue weighted by Gasteiger charge is 2.33. The molecule has 3 rings (SSSR count). The van der Waals surface area contributed by atoms with E-state index >= 15 is 0 Å². The Hall–Kier alpha value is -0.950. The van der Waals surface area contributed by atoms with Crippen molar-refractivity contribution in [2.24, 2.45) is 0 Å². The topological polar surface area (TPSA) is 85.1 Å². The van der Waals surface area contributed by atoms with E-state index in [-0.39, 0.29) is 23.5 Å². The third-order valence-corrected chi connectivity index (χ3v) is 5.22. The van der Waals surface area contributed by atoms with Gasteiger partial charge in [-0.1, -0.05) is 0 Å². The van der Waals surface area contributed by atoms with Crippen LogP contribution in [0.4, 0.5) is 0 Å². The summed E-state index contributed by atoms with van der Waals surface area (Å²) in [5.74, 6) is 1.76. The number of aryl methyl sites for hydroxylation is 1. The third-order valence-electron chi connectivity index (χ3n) is 3.45. The molecule has 0 aromatic carbocycles. The molecule has 7 heteroatoms. The van der Waals surface area contributed by atoms with Crippen molar-refractivity contribution in [2.75, 3.05) is 11.5 Å². The van der Waals surface area contributed by atoms with Gasteiger partial charge in [-0.2, -0.15) is 5.10 Å². The fraction of sp³-hybridized carbons (Fsp3) is 0.800. The van der Waals surface area contributed by atoms with Crippen molar-refractivity contribution in [3.05, 3.63) is 11.6 Å². The van der Waals surface area contributed by atoms with Gasteiger partial charge in [-0.25, -0.2) is 18.1 Å². The molecule has 0 spiro atoms. The fourth-order valence-corrected chi connectivity index (χ4v) is 4.22. The maximum atomic E-state index is 11.4. The second kappa shape index (κ2) is 3.78. The van der Waals surface area contributed by atoms with Gasteiger partial charge >= 0.3 is 0 Å². The number of sulfone groups is 1. The summed E-state index contributed by atoms with van der Waals surface area (Å²) >= 11 is 0. The first-order chi connectivity index (χ1) is 8.03. The van der Waals surface area contributed by atoms with Crippen LogP contribution in [0.2, 0.25) is 0 Å². The molecule has 2 unspecified atom stereocenters. The molecule has 2 aliphatic heterocycles. The molecule has 0 aliphatic carbocycles. The molecule has 6 nitrogen and oxygen atoms in total. The molecule has 1 aromatic heterocycles. The van der Waals surface area contributed by atoms with Crippen LogP contribution in [-0.2, 0) is 22.8 Å². The highest BCUT2D eigenvalue weighted by molar-refractivity contribution is 7.91. The normalized spacial score (nSPS) is 31.4. The van der Waals surface area contributed by atoms with Crippen molar-refractivity contribution in [3.8, 4) is 0 Å². The summed E-state index contributed by atoms with van der Waals surface area (Å²) in [4.78, 5) is 4.38. The quantitative estimate of drug-likeness (QED) is 0.732. The van der Waals surface area contributed by atoms with E-state index in [0.717, 1.165) is 5.82 Å². The van der Waals surface area contributed by atoms with Crippen LogP contribution in [0.5, 0.6) is 0 Å². The molecule has 0 bridgehead atoms. The van der Waals surface area contributed by atoms with Gasteiger partial charge in [-0.3, -0.25) is 0 Å². The standard InChI is InChI=1S/C10H15N3O3S/c14-8-1-3-13-9(5-8)11-10(12-13)7-2-4-17(15,16)6-7/h7-8,14H,1-6H2. The predicted molar refractivity (Wildman–Crippen MR) is 60.4 cm³/mol. The number of aliphatic hydroxyl groups excluding tert-OH is 1. The van der Waals surface area contributed by atoms with E-state index in [0.29, 0.717) is 31.6 Å². The Morgan fingerprint density at radius 3 is 2.88 bits per heavy atom. The Kier molecular flexibility index (Phi) is 2.48. The van der Waals surface area contributed by atoms with E-state index in [1.165, 1.54) is 0 Å². The number of fused-ring (bicyclic) bond motifs is 1. The molecule has 1 fully saturated rings. The zero-order valence-corrected chi connectivity index (χ0v) is 10.2. The van der Waals surface area contributed by atoms with Crippen LogP contribution < -0.4 is 0 Å². The molecule has 2 aliphatic rings. The predicted octanol–water partition coefficient (Wildman–Crippen LogP) is -0.513. The van der Waals surface area contributed by atoms with Crippen molar-refractivity contribution in [2.45, 2.75) is 37.8 Å². The number of aromatic nitrogens is 3. The summed E-state index contributed by atoms with van der Waals surface area (Å²) in [6.45, 7) is 0.670. The number of aliphatic hydroxyl groups is 1. The van der Waals surface area contributed by atoms with Gasteiger partial charge in [0.2, 0.25) is 0 Å². The molecule has 3 heterocycles. The van der Waals surface area contributed by atoms with Crippen LogP contribution in [0.3, 0.4) is 0 Å². The van der Waals surface area contributed by atoms with E-state index in [9.17, 15) is 13.5 Å². The summed E-state index contributed by atoms with van der Waals surface area (Å²) < 4.78 is 24.6. The van der Waals surface area contributed by atoms with Crippen molar-refractivity contribution < 1.29 is 13.5 Å². The third kappa shape index (κ3) is 2.09. The van der Waals surface area contributed by atoms with E-state index in [1.54, 1.807) is 4.68 Å². The van der Waals surface area contributed by atoms with Crippen LogP contribution >= 0.6 is 0 Å². The first-order valence-electron chi connectivity index (χ1n) is 5.85. The minimum Gasteiger partial charge on any atom is -0.393 e. The van der Waals surface area contributed by atoms with Crippen molar-refractivity contribution in [1.29, 1.82) is 0 Å². The molecular formula is C10H15N3O3S. The van der Waals surface area contributed by atoms with Gasteiger partial charge in [-0.05, 0) is 12.8 Å². The first-order valence-corrected chi connectivity index (χ1v) is 7.68. The summed E-state index contributed by atoms with van der Waals surface area (Å²) in [6, 6.07) is 0. The van der Waals surface area contributed by atoms with Gasteiger partial charge in [0.1, 0.15) is 5.82 Å². The highest BCUT2D eigenvalue weighted by Crippen LogP contribution is 2.27. The SMILES string of the molecule is O=S1(=O)CCC(c2nc3n(n2)CCC(O)C3)C1. The molecule has 2 atom stereocenters. The Labute approximate surface area is 99.6 Å². The summed E-state index contributed by atoms with van der Waals surface area (Å²) in [7, 11) is -2.89. The van der Waals surface area contributed by atoms with Gasteiger partial charge in [0.25, 0.3) is 0 Å². The molecule has 0 saturated carbocycles. The molecule has 1 aromatic rings. The number of hydrogen-bond acceptors (Lipinski definition) is 5. The summed E-state index contributed by atoms with van der Waals surface area (Å²) in [5.41, 5.74) is 0. The van der Waals surface area contributed by atoms with E-state index < -0.39 is 9.84 Å². The summed E-state index contributed by atoms with van der Waals surface area (Å²) in [6.07, 6.45) is 1.49. The second-order valence-electron chi connectivity index (χ2n) is 4.86. The van der Waals surface area contributed by atoms with Crippen molar-refractivity contribution >= 4 is 9.84 Å². The molecule has 1 saturated heterocycles. The zero-order chi connectivity index (χ0) is 12.0. The fourth-order valence-electron chi connectivity index (χ4n) is 2.48.